The molecule has 1 saturated heterocycles. The number of hydrogen-bond donors (Lipinski definition) is 1. The first-order valence-corrected chi connectivity index (χ1v) is 6.60. The number of aliphatic hydroxyl groups is 1. The highest BCUT2D eigenvalue weighted by Gasteiger charge is 2.25. The van der Waals surface area contributed by atoms with Gasteiger partial charge in [0.2, 0.25) is 0 Å². The molecular weight excluding hydrogens is 224 g/mol. The summed E-state index contributed by atoms with van der Waals surface area (Å²) in [4.78, 5) is 2.44. The lowest BCUT2D eigenvalue weighted by molar-refractivity contribution is 0.131. The molecule has 1 aromatic rings. The van der Waals surface area contributed by atoms with Crippen LogP contribution in [0.15, 0.2) is 24.3 Å². The quantitative estimate of drug-likeness (QED) is 0.884. The first-order valence-electron chi connectivity index (χ1n) is 6.60. The number of hydrogen-bond acceptors (Lipinski definition) is 3. The van der Waals surface area contributed by atoms with Gasteiger partial charge in [0.05, 0.1) is 17.7 Å². The Morgan fingerprint density at radius 2 is 2.17 bits per heavy atom. The number of aliphatic hydroxyl groups excluding tert-OH is 1. The van der Waals surface area contributed by atoms with E-state index in [1.54, 1.807) is 0 Å². The number of benzene rings is 1. The molecule has 18 heavy (non-hydrogen) atoms. The second-order valence-electron chi connectivity index (χ2n) is 5.16. The Morgan fingerprint density at radius 1 is 1.44 bits per heavy atom. The molecule has 1 aliphatic heterocycles. The molecule has 0 aliphatic carbocycles. The van der Waals surface area contributed by atoms with Crippen molar-refractivity contribution in [2.75, 3.05) is 6.54 Å². The normalized spacial score (nSPS) is 21.7. The van der Waals surface area contributed by atoms with Crippen LogP contribution < -0.4 is 0 Å². The monoisotopic (exact) mass is 244 g/mol. The molecule has 0 saturated carbocycles. The van der Waals surface area contributed by atoms with Crippen molar-refractivity contribution in [1.82, 2.24) is 4.90 Å². The zero-order valence-corrected chi connectivity index (χ0v) is 10.8. The molecule has 1 aromatic carbocycles. The molecule has 96 valence electrons. The third kappa shape index (κ3) is 3.32. The minimum Gasteiger partial charge on any atom is -0.393 e. The lowest BCUT2D eigenvalue weighted by Gasteiger charge is -2.25. The second kappa shape index (κ2) is 5.99. The SMILES string of the molecule is CC(O)CC1CCCN1Cc1ccc(C#N)cc1. The molecule has 1 fully saturated rings. The van der Waals surface area contributed by atoms with Gasteiger partial charge in [-0.1, -0.05) is 12.1 Å². The van der Waals surface area contributed by atoms with Gasteiger partial charge in [-0.3, -0.25) is 4.90 Å². The van der Waals surface area contributed by atoms with Crippen molar-refractivity contribution < 1.29 is 5.11 Å². The fourth-order valence-electron chi connectivity index (χ4n) is 2.68. The summed E-state index contributed by atoms with van der Waals surface area (Å²) in [5.41, 5.74) is 1.95. The van der Waals surface area contributed by atoms with Crippen LogP contribution in [0, 0.1) is 11.3 Å². The van der Waals surface area contributed by atoms with Crippen molar-refractivity contribution >= 4 is 0 Å². The van der Waals surface area contributed by atoms with E-state index >= 15 is 0 Å². The van der Waals surface area contributed by atoms with Gasteiger partial charge >= 0.3 is 0 Å². The molecular formula is C15H20N2O. The molecule has 0 spiro atoms. The molecule has 3 nitrogen and oxygen atoms in total. The molecule has 2 atom stereocenters. The Hall–Kier alpha value is -1.37. The lowest BCUT2D eigenvalue weighted by atomic mass is 10.1. The topological polar surface area (TPSA) is 47.3 Å². The summed E-state index contributed by atoms with van der Waals surface area (Å²) >= 11 is 0. The highest BCUT2D eigenvalue weighted by atomic mass is 16.3. The van der Waals surface area contributed by atoms with E-state index < -0.39 is 0 Å². The van der Waals surface area contributed by atoms with Gasteiger partial charge in [0.25, 0.3) is 0 Å². The average molecular weight is 244 g/mol. The van der Waals surface area contributed by atoms with Crippen LogP contribution in [0.1, 0.15) is 37.3 Å². The minimum atomic E-state index is -0.225. The number of nitrogens with zero attached hydrogens (tertiary/aromatic N) is 2. The summed E-state index contributed by atoms with van der Waals surface area (Å²) in [6, 6.07) is 10.4. The van der Waals surface area contributed by atoms with E-state index in [2.05, 4.69) is 11.0 Å². The van der Waals surface area contributed by atoms with E-state index in [0.29, 0.717) is 11.6 Å². The van der Waals surface area contributed by atoms with E-state index in [1.807, 2.05) is 31.2 Å². The van der Waals surface area contributed by atoms with Crippen molar-refractivity contribution in [1.29, 1.82) is 5.26 Å². The van der Waals surface area contributed by atoms with Crippen LogP contribution in [0.5, 0.6) is 0 Å². The van der Waals surface area contributed by atoms with Gasteiger partial charge in [0.15, 0.2) is 0 Å². The average Bonchev–Trinajstić information content (AvgIpc) is 2.77. The van der Waals surface area contributed by atoms with E-state index in [-0.39, 0.29) is 6.10 Å². The van der Waals surface area contributed by atoms with Crippen LogP contribution >= 0.6 is 0 Å². The Kier molecular flexibility index (Phi) is 4.35. The number of likely N-dealkylation sites (tertiary alicyclic amines) is 1. The fraction of sp³-hybridized carbons (Fsp3) is 0.533. The minimum absolute atomic E-state index is 0.225. The second-order valence-corrected chi connectivity index (χ2v) is 5.16. The maximum absolute atomic E-state index is 9.50. The Labute approximate surface area is 109 Å². The largest absolute Gasteiger partial charge is 0.393 e. The highest BCUT2D eigenvalue weighted by molar-refractivity contribution is 5.31. The van der Waals surface area contributed by atoms with Crippen LogP contribution in [0.2, 0.25) is 0 Å². The molecule has 1 aliphatic rings. The molecule has 0 aromatic heterocycles. The van der Waals surface area contributed by atoms with Crippen molar-refractivity contribution in [3.05, 3.63) is 35.4 Å². The zero-order chi connectivity index (χ0) is 13.0. The summed E-state index contributed by atoms with van der Waals surface area (Å²) in [7, 11) is 0. The smallest absolute Gasteiger partial charge is 0.0991 e. The van der Waals surface area contributed by atoms with Gasteiger partial charge in [0.1, 0.15) is 0 Å². The van der Waals surface area contributed by atoms with Crippen molar-refractivity contribution in [2.24, 2.45) is 0 Å². The van der Waals surface area contributed by atoms with Gasteiger partial charge in [-0.2, -0.15) is 5.26 Å². The van der Waals surface area contributed by atoms with Crippen LogP contribution in [0.3, 0.4) is 0 Å². The highest BCUT2D eigenvalue weighted by Crippen LogP contribution is 2.23. The molecule has 0 amide bonds. The van der Waals surface area contributed by atoms with Gasteiger partial charge < -0.3 is 5.11 Å². The van der Waals surface area contributed by atoms with Crippen molar-refractivity contribution in [3.8, 4) is 6.07 Å². The molecule has 0 radical (unpaired) electrons. The summed E-state index contributed by atoms with van der Waals surface area (Å²) < 4.78 is 0. The fourth-order valence-corrected chi connectivity index (χ4v) is 2.68. The first kappa shape index (κ1) is 13.1. The van der Waals surface area contributed by atoms with Crippen molar-refractivity contribution in [3.63, 3.8) is 0 Å². The molecule has 1 N–H and O–H groups in total. The predicted octanol–water partition coefficient (Wildman–Crippen LogP) is 2.29. The summed E-state index contributed by atoms with van der Waals surface area (Å²) in [5.74, 6) is 0. The standard InChI is InChI=1S/C15H20N2O/c1-12(18)9-15-3-2-8-17(15)11-14-6-4-13(10-16)5-7-14/h4-7,12,15,18H,2-3,8-9,11H2,1H3. The lowest BCUT2D eigenvalue weighted by Crippen LogP contribution is -2.31. The molecule has 1 heterocycles. The Bertz CT molecular complexity index is 419. The van der Waals surface area contributed by atoms with Crippen LogP contribution in [-0.4, -0.2) is 28.7 Å². The third-order valence-corrected chi connectivity index (χ3v) is 3.58. The van der Waals surface area contributed by atoms with Gasteiger partial charge in [-0.25, -0.2) is 0 Å². The summed E-state index contributed by atoms with van der Waals surface area (Å²) in [6.07, 6.45) is 3.03. The van der Waals surface area contributed by atoms with Crippen molar-refractivity contribution in [2.45, 2.75) is 44.9 Å². The van der Waals surface area contributed by atoms with Crippen LogP contribution in [0.25, 0.3) is 0 Å². The van der Waals surface area contributed by atoms with E-state index in [0.717, 1.165) is 19.5 Å². The zero-order valence-electron chi connectivity index (χ0n) is 10.8. The maximum atomic E-state index is 9.50. The Balaban J connectivity index is 1.97. The first-order chi connectivity index (χ1) is 8.69. The van der Waals surface area contributed by atoms with Gasteiger partial charge in [0, 0.05) is 12.6 Å². The Morgan fingerprint density at radius 3 is 2.78 bits per heavy atom. The number of rotatable bonds is 4. The van der Waals surface area contributed by atoms with E-state index in [1.165, 1.54) is 18.4 Å². The van der Waals surface area contributed by atoms with Gasteiger partial charge in [-0.15, -0.1) is 0 Å². The summed E-state index contributed by atoms with van der Waals surface area (Å²) in [5, 5.41) is 18.3. The van der Waals surface area contributed by atoms with E-state index in [9.17, 15) is 5.11 Å². The maximum Gasteiger partial charge on any atom is 0.0991 e. The third-order valence-electron chi connectivity index (χ3n) is 3.58. The predicted molar refractivity (Wildman–Crippen MR) is 70.9 cm³/mol. The van der Waals surface area contributed by atoms with E-state index in [4.69, 9.17) is 5.26 Å². The summed E-state index contributed by atoms with van der Waals surface area (Å²) in [6.45, 7) is 3.89. The number of nitriles is 1. The van der Waals surface area contributed by atoms with Crippen LogP contribution in [-0.2, 0) is 6.54 Å². The molecule has 0 bridgehead atoms. The molecule has 2 rings (SSSR count). The van der Waals surface area contributed by atoms with Crippen LogP contribution in [0.4, 0.5) is 0 Å². The molecule has 3 heteroatoms. The van der Waals surface area contributed by atoms with Gasteiger partial charge in [-0.05, 0) is 50.4 Å². The molecule has 2 unspecified atom stereocenters.